The second-order valence-corrected chi connectivity index (χ2v) is 3.36. The lowest BCUT2D eigenvalue weighted by Gasteiger charge is -1.98. The number of amides is 1. The summed E-state index contributed by atoms with van der Waals surface area (Å²) in [4.78, 5) is 22.2. The number of ketones is 1. The summed E-state index contributed by atoms with van der Waals surface area (Å²) in [6, 6.07) is 3.90. The summed E-state index contributed by atoms with van der Waals surface area (Å²) >= 11 is 0. The van der Waals surface area contributed by atoms with Crippen molar-refractivity contribution in [1.82, 2.24) is 0 Å². The molecule has 0 bridgehead atoms. The van der Waals surface area contributed by atoms with E-state index in [0.717, 1.165) is 0 Å². The molecule has 2 rings (SSSR count). The van der Waals surface area contributed by atoms with E-state index >= 15 is 0 Å². The number of fused-ring (bicyclic) bond motifs is 1. The fraction of sp³-hybridized carbons (Fsp3) is 0.0909. The van der Waals surface area contributed by atoms with Crippen LogP contribution in [0.1, 0.15) is 22.3 Å². The number of hydrogen-bond acceptors (Lipinski definition) is 2. The smallest absolute Gasteiger partial charge is 0.241 e. The molecule has 0 aromatic heterocycles. The van der Waals surface area contributed by atoms with Crippen LogP contribution in [-0.2, 0) is 4.79 Å². The van der Waals surface area contributed by atoms with Crippen molar-refractivity contribution in [3.8, 4) is 0 Å². The van der Waals surface area contributed by atoms with Gasteiger partial charge in [0.1, 0.15) is 5.82 Å². The zero-order valence-electron chi connectivity index (χ0n) is 7.79. The van der Waals surface area contributed by atoms with Crippen LogP contribution < -0.4 is 5.73 Å². The topological polar surface area (TPSA) is 60.2 Å². The van der Waals surface area contributed by atoms with Crippen molar-refractivity contribution in [2.24, 2.45) is 5.73 Å². The molecule has 4 heteroatoms. The fourth-order valence-corrected chi connectivity index (χ4v) is 1.69. The van der Waals surface area contributed by atoms with E-state index in [2.05, 4.69) is 0 Å². The van der Waals surface area contributed by atoms with Crippen molar-refractivity contribution in [2.45, 2.75) is 6.42 Å². The van der Waals surface area contributed by atoms with Gasteiger partial charge in [0.25, 0.3) is 0 Å². The van der Waals surface area contributed by atoms with E-state index < -0.39 is 11.7 Å². The van der Waals surface area contributed by atoms with Crippen molar-refractivity contribution in [1.29, 1.82) is 0 Å². The molecular weight excluding hydrogens is 197 g/mol. The highest BCUT2D eigenvalue weighted by atomic mass is 19.1. The minimum atomic E-state index is -0.630. The van der Waals surface area contributed by atoms with E-state index in [-0.39, 0.29) is 12.2 Å². The van der Waals surface area contributed by atoms with Crippen LogP contribution in [0.5, 0.6) is 0 Å². The maximum atomic E-state index is 12.9. The Hall–Kier alpha value is -1.97. The highest BCUT2D eigenvalue weighted by molar-refractivity contribution is 6.14. The van der Waals surface area contributed by atoms with Gasteiger partial charge in [-0.05, 0) is 29.3 Å². The van der Waals surface area contributed by atoms with Gasteiger partial charge in [0, 0.05) is 18.1 Å². The zero-order valence-corrected chi connectivity index (χ0v) is 7.79. The molecule has 0 spiro atoms. The Labute approximate surface area is 85.4 Å². The van der Waals surface area contributed by atoms with E-state index in [1.807, 2.05) is 0 Å². The summed E-state index contributed by atoms with van der Waals surface area (Å²) in [5.74, 6) is -1.17. The van der Waals surface area contributed by atoms with E-state index in [1.54, 1.807) is 0 Å². The average molecular weight is 205 g/mol. The minimum Gasteiger partial charge on any atom is -0.366 e. The van der Waals surface area contributed by atoms with Gasteiger partial charge in [0.2, 0.25) is 5.91 Å². The third-order valence-electron chi connectivity index (χ3n) is 2.30. The second-order valence-electron chi connectivity index (χ2n) is 3.36. The molecule has 0 aliphatic heterocycles. The molecule has 0 unspecified atom stereocenters. The quantitative estimate of drug-likeness (QED) is 0.702. The van der Waals surface area contributed by atoms with Crippen LogP contribution in [0.25, 0.3) is 5.57 Å². The van der Waals surface area contributed by atoms with Gasteiger partial charge < -0.3 is 5.73 Å². The molecule has 1 aromatic carbocycles. The summed E-state index contributed by atoms with van der Waals surface area (Å²) in [5, 5.41) is 0. The zero-order chi connectivity index (χ0) is 11.0. The van der Waals surface area contributed by atoms with Crippen LogP contribution >= 0.6 is 0 Å². The third-order valence-corrected chi connectivity index (χ3v) is 2.30. The largest absolute Gasteiger partial charge is 0.366 e. The van der Waals surface area contributed by atoms with Gasteiger partial charge in [-0.25, -0.2) is 4.39 Å². The van der Waals surface area contributed by atoms with Crippen LogP contribution in [0, 0.1) is 5.82 Å². The Morgan fingerprint density at radius 1 is 1.40 bits per heavy atom. The third kappa shape index (κ3) is 1.66. The maximum absolute atomic E-state index is 12.9. The Balaban J connectivity index is 2.58. The van der Waals surface area contributed by atoms with Gasteiger partial charge in [-0.15, -0.1) is 0 Å². The number of carbonyl (C=O) groups is 2. The Bertz CT molecular complexity index is 491. The summed E-state index contributed by atoms with van der Waals surface area (Å²) < 4.78 is 12.9. The number of benzene rings is 1. The van der Waals surface area contributed by atoms with Crippen molar-refractivity contribution in [3.05, 3.63) is 41.2 Å². The molecule has 15 heavy (non-hydrogen) atoms. The van der Waals surface area contributed by atoms with Gasteiger partial charge >= 0.3 is 0 Å². The van der Waals surface area contributed by atoms with E-state index in [1.165, 1.54) is 24.3 Å². The molecule has 0 fully saturated rings. The number of Topliss-reactive ketones (excluding diaryl/α,β-unsaturated/α-hetero) is 1. The molecule has 1 aliphatic carbocycles. The van der Waals surface area contributed by atoms with Crippen LogP contribution in [0.15, 0.2) is 24.3 Å². The molecule has 76 valence electrons. The lowest BCUT2D eigenvalue weighted by molar-refractivity contribution is -0.113. The average Bonchev–Trinajstić information content (AvgIpc) is 2.42. The number of halogens is 1. The predicted molar refractivity (Wildman–Crippen MR) is 52.5 cm³/mol. The molecule has 1 aliphatic rings. The standard InChI is InChI=1S/C11H8FNO2/c12-7-1-2-8-9(5-7)6(3-10(8)14)4-11(13)15/h1-2,4-5H,3H2,(H2,13,15). The molecule has 2 N–H and O–H groups in total. The minimum absolute atomic E-state index is 0.113. The molecule has 0 saturated heterocycles. The van der Waals surface area contributed by atoms with E-state index in [0.29, 0.717) is 16.7 Å². The molecule has 0 saturated carbocycles. The van der Waals surface area contributed by atoms with E-state index in [9.17, 15) is 14.0 Å². The number of carbonyl (C=O) groups excluding carboxylic acids is 2. The Morgan fingerprint density at radius 2 is 2.13 bits per heavy atom. The molecule has 1 aromatic rings. The van der Waals surface area contributed by atoms with Gasteiger partial charge in [-0.2, -0.15) is 0 Å². The fourth-order valence-electron chi connectivity index (χ4n) is 1.69. The summed E-state index contributed by atoms with van der Waals surface area (Å²) in [6.45, 7) is 0. The molecule has 3 nitrogen and oxygen atoms in total. The number of hydrogen-bond donors (Lipinski definition) is 1. The number of primary amides is 1. The molecule has 0 heterocycles. The van der Waals surface area contributed by atoms with E-state index in [4.69, 9.17) is 5.73 Å². The number of nitrogens with two attached hydrogens (primary N) is 1. The predicted octanol–water partition coefficient (Wildman–Crippen LogP) is 1.28. The van der Waals surface area contributed by atoms with Crippen LogP contribution in [0.4, 0.5) is 4.39 Å². The van der Waals surface area contributed by atoms with Crippen LogP contribution in [0.3, 0.4) is 0 Å². The second kappa shape index (κ2) is 3.31. The van der Waals surface area contributed by atoms with Crippen LogP contribution in [0.2, 0.25) is 0 Å². The monoisotopic (exact) mass is 205 g/mol. The Morgan fingerprint density at radius 3 is 2.80 bits per heavy atom. The molecule has 0 radical (unpaired) electrons. The summed E-state index contributed by atoms with van der Waals surface area (Å²) in [7, 11) is 0. The number of allylic oxidation sites excluding steroid dienone is 1. The van der Waals surface area contributed by atoms with Crippen molar-refractivity contribution in [2.75, 3.05) is 0 Å². The van der Waals surface area contributed by atoms with Crippen molar-refractivity contribution >= 4 is 17.3 Å². The van der Waals surface area contributed by atoms with Crippen LogP contribution in [-0.4, -0.2) is 11.7 Å². The first-order valence-corrected chi connectivity index (χ1v) is 4.41. The number of rotatable bonds is 1. The van der Waals surface area contributed by atoms with Gasteiger partial charge in [0.15, 0.2) is 5.78 Å². The molecule has 1 amide bonds. The lowest BCUT2D eigenvalue weighted by Crippen LogP contribution is -2.06. The summed E-state index contributed by atoms with van der Waals surface area (Å²) in [6.07, 6.45) is 1.28. The van der Waals surface area contributed by atoms with Gasteiger partial charge in [-0.1, -0.05) is 0 Å². The van der Waals surface area contributed by atoms with Crippen molar-refractivity contribution in [3.63, 3.8) is 0 Å². The summed E-state index contributed by atoms with van der Waals surface area (Å²) in [5.41, 5.74) is 6.40. The first kappa shape index (κ1) is 9.58. The lowest BCUT2D eigenvalue weighted by atomic mass is 10.1. The van der Waals surface area contributed by atoms with Crippen molar-refractivity contribution < 1.29 is 14.0 Å². The maximum Gasteiger partial charge on any atom is 0.241 e. The molecule has 0 atom stereocenters. The first-order chi connectivity index (χ1) is 7.08. The first-order valence-electron chi connectivity index (χ1n) is 4.41. The highest BCUT2D eigenvalue weighted by Gasteiger charge is 2.24. The highest BCUT2D eigenvalue weighted by Crippen LogP contribution is 2.32. The van der Waals surface area contributed by atoms with Gasteiger partial charge in [0.05, 0.1) is 0 Å². The SMILES string of the molecule is NC(=O)C=C1CC(=O)c2ccc(F)cc21. The normalized spacial score (nSPS) is 16.9. The Kier molecular flexibility index (Phi) is 2.11. The van der Waals surface area contributed by atoms with Gasteiger partial charge in [-0.3, -0.25) is 9.59 Å². The molecular formula is C11H8FNO2.